The second-order valence-corrected chi connectivity index (χ2v) is 18.7. The Morgan fingerprint density at radius 2 is 0.651 bits per heavy atom. The van der Waals surface area contributed by atoms with Crippen LogP contribution in [-0.2, 0) is 0 Å². The highest BCUT2D eigenvalue weighted by Gasteiger charge is 2.40. The number of unbranched alkanes of at least 4 members (excludes halogenated alkanes) is 8. The van der Waals surface area contributed by atoms with Gasteiger partial charge < -0.3 is 48.1 Å². The average molecular weight is 928 g/mol. The van der Waals surface area contributed by atoms with Crippen molar-refractivity contribution in [1.29, 1.82) is 0 Å². The molecule has 4 atom stereocenters. The van der Waals surface area contributed by atoms with Gasteiger partial charge >= 0.3 is 0 Å². The molecule has 0 saturated carbocycles. The number of hydrogen-bond acceptors (Lipinski definition) is 10. The largest absolute Gasteiger partial charge is 0.502 e. The van der Waals surface area contributed by atoms with Crippen LogP contribution in [0.1, 0.15) is 199 Å². The Kier molecular flexibility index (Phi) is 13.3. The van der Waals surface area contributed by atoms with Crippen molar-refractivity contribution in [3.05, 3.63) is 79.3 Å². The molecule has 338 valence electrons. The van der Waals surface area contributed by atoms with Crippen molar-refractivity contribution in [2.75, 3.05) is 27.2 Å². The van der Waals surface area contributed by atoms with E-state index in [4.69, 9.17) is 37.9 Å². The monoisotopic (exact) mass is 926 g/mol. The molecular weight excluding hydrogens is 864 g/mol. The third-order valence-corrected chi connectivity index (χ3v) is 14.7. The third-order valence-electron chi connectivity index (χ3n) is 13.9. The summed E-state index contributed by atoms with van der Waals surface area (Å²) in [4.78, 5) is 0. The molecule has 0 amide bonds. The number of hydrogen-bond donors (Lipinski definition) is 2. The minimum absolute atomic E-state index is 0.0316. The van der Waals surface area contributed by atoms with Crippen LogP contribution in [0, 0.1) is 0 Å². The zero-order chi connectivity index (χ0) is 43.6. The summed E-state index contributed by atoms with van der Waals surface area (Å²) in [5, 5.41) is 25.0. The molecule has 11 heteroatoms. The molecule has 0 aromatic heterocycles. The van der Waals surface area contributed by atoms with Crippen LogP contribution >= 0.6 is 15.9 Å². The van der Waals surface area contributed by atoms with Gasteiger partial charge in [-0.3, -0.25) is 0 Å². The fraction of sp³-hybridized carbons (Fsp3) is 0.538. The van der Waals surface area contributed by atoms with Crippen molar-refractivity contribution >= 4 is 15.9 Å². The molecule has 0 radical (unpaired) electrons. The van der Waals surface area contributed by atoms with Gasteiger partial charge in [0.15, 0.2) is 23.0 Å². The van der Waals surface area contributed by atoms with Crippen LogP contribution < -0.4 is 37.9 Å². The quantitative estimate of drug-likeness (QED) is 0.105. The fourth-order valence-electron chi connectivity index (χ4n) is 10.8. The molecule has 4 heterocycles. The van der Waals surface area contributed by atoms with E-state index in [2.05, 4.69) is 67.9 Å². The Hall–Kier alpha value is -4.64. The normalized spacial score (nSPS) is 19.8. The van der Waals surface area contributed by atoms with Gasteiger partial charge in [-0.1, -0.05) is 105 Å². The first-order chi connectivity index (χ1) is 30.9. The summed E-state index contributed by atoms with van der Waals surface area (Å²) in [5.74, 6) is 3.27. The Morgan fingerprint density at radius 3 is 0.984 bits per heavy atom. The second-order valence-electron chi connectivity index (χ2n) is 17.9. The molecule has 0 saturated heterocycles. The summed E-state index contributed by atoms with van der Waals surface area (Å²) < 4.78 is 52.8. The van der Waals surface area contributed by atoms with Crippen LogP contribution in [0.2, 0.25) is 0 Å². The summed E-state index contributed by atoms with van der Waals surface area (Å²) >= 11 is 4.03. The minimum Gasteiger partial charge on any atom is -0.502 e. The molecule has 8 bridgehead atoms. The molecule has 63 heavy (non-hydrogen) atoms. The lowest BCUT2D eigenvalue weighted by Crippen LogP contribution is -2.23. The van der Waals surface area contributed by atoms with E-state index in [9.17, 15) is 10.2 Å². The molecule has 0 spiro atoms. The highest BCUT2D eigenvalue weighted by molar-refractivity contribution is 9.10. The summed E-state index contributed by atoms with van der Waals surface area (Å²) in [6, 6.07) is 11.1. The van der Waals surface area contributed by atoms with E-state index in [-0.39, 0.29) is 62.3 Å². The fourth-order valence-corrected chi connectivity index (χ4v) is 11.4. The number of halogens is 1. The number of aromatic hydroxyl groups is 2. The van der Waals surface area contributed by atoms with Crippen LogP contribution in [0.4, 0.5) is 0 Å². The molecule has 10 nitrogen and oxygen atoms in total. The van der Waals surface area contributed by atoms with Crippen molar-refractivity contribution in [1.82, 2.24) is 0 Å². The molecule has 9 rings (SSSR count). The maximum Gasteiger partial charge on any atom is 0.231 e. The zero-order valence-electron chi connectivity index (χ0n) is 37.4. The van der Waals surface area contributed by atoms with Gasteiger partial charge in [-0.05, 0) is 65.9 Å². The van der Waals surface area contributed by atoms with Crippen molar-refractivity contribution in [3.8, 4) is 57.5 Å². The Morgan fingerprint density at radius 1 is 0.381 bits per heavy atom. The summed E-state index contributed by atoms with van der Waals surface area (Å²) in [6.07, 6.45) is 15.5. The van der Waals surface area contributed by atoms with Crippen molar-refractivity contribution in [2.24, 2.45) is 0 Å². The average Bonchev–Trinajstić information content (AvgIpc) is 3.26. The number of rotatable bonds is 16. The molecule has 5 aliphatic rings. The Bertz CT molecular complexity index is 2160. The van der Waals surface area contributed by atoms with Crippen LogP contribution in [0.3, 0.4) is 0 Å². The summed E-state index contributed by atoms with van der Waals surface area (Å²) in [5.41, 5.74) is 7.68. The lowest BCUT2D eigenvalue weighted by molar-refractivity contribution is 0.0915. The molecule has 4 unspecified atom stereocenters. The smallest absolute Gasteiger partial charge is 0.231 e. The second kappa shape index (κ2) is 19.2. The zero-order valence-corrected chi connectivity index (χ0v) is 39.0. The van der Waals surface area contributed by atoms with Gasteiger partial charge in [0.1, 0.15) is 27.5 Å². The standard InChI is InChI=1S/C52H63BrO10/c1-5-9-13-17-30-34-21-35-31(18-14-10-6-2)39-24-41-33(20-16-12-8-4)37-22-36-32(19-15-11-7-3)40-23-38(30)49-45(54)51(40)62-28-58-47(36)44(53)48(37)59-29-63-52(41)46(55)50(39)61-27-57-43(35)25-42(34)56-26-60-49/h21-25,30-33,54-55H,5-20,26-29H2,1-4H3. The lowest BCUT2D eigenvalue weighted by atomic mass is 9.76. The van der Waals surface area contributed by atoms with Gasteiger partial charge in [-0.15, -0.1) is 0 Å². The predicted octanol–water partition coefficient (Wildman–Crippen LogP) is 13.9. The van der Waals surface area contributed by atoms with E-state index in [0.717, 1.165) is 147 Å². The summed E-state index contributed by atoms with van der Waals surface area (Å²) in [7, 11) is 0. The molecule has 0 fully saturated rings. The van der Waals surface area contributed by atoms with Gasteiger partial charge in [0, 0.05) is 74.2 Å². The molecule has 4 aromatic carbocycles. The molecule has 1 aliphatic carbocycles. The van der Waals surface area contributed by atoms with E-state index >= 15 is 0 Å². The van der Waals surface area contributed by atoms with Crippen molar-refractivity contribution < 1.29 is 48.1 Å². The first kappa shape index (κ1) is 43.6. The summed E-state index contributed by atoms with van der Waals surface area (Å²) in [6.45, 7) is 8.36. The molecule has 4 aromatic rings. The molecule has 4 aliphatic heterocycles. The Labute approximate surface area is 380 Å². The third kappa shape index (κ3) is 8.10. The van der Waals surface area contributed by atoms with E-state index in [0.29, 0.717) is 50.5 Å². The van der Waals surface area contributed by atoms with Crippen LogP contribution in [-0.4, -0.2) is 37.4 Å². The van der Waals surface area contributed by atoms with Crippen molar-refractivity contribution in [2.45, 2.75) is 154 Å². The predicted molar refractivity (Wildman–Crippen MR) is 245 cm³/mol. The number of benzene rings is 4. The molecular formula is C52H63BrO10. The van der Waals surface area contributed by atoms with Crippen LogP contribution in [0.15, 0.2) is 34.8 Å². The number of phenols is 2. The van der Waals surface area contributed by atoms with Gasteiger partial charge in [0.05, 0.1) is 0 Å². The highest BCUT2D eigenvalue weighted by atomic mass is 79.9. The van der Waals surface area contributed by atoms with Gasteiger partial charge in [0.25, 0.3) is 0 Å². The van der Waals surface area contributed by atoms with Crippen molar-refractivity contribution in [3.63, 3.8) is 0 Å². The van der Waals surface area contributed by atoms with E-state index in [1.54, 1.807) is 0 Å². The van der Waals surface area contributed by atoms with Gasteiger partial charge in [-0.25, -0.2) is 0 Å². The van der Waals surface area contributed by atoms with E-state index in [1.165, 1.54) is 0 Å². The Balaban J connectivity index is 1.42. The number of ether oxygens (including phenoxy) is 8. The van der Waals surface area contributed by atoms with E-state index in [1.807, 2.05) is 6.07 Å². The maximum atomic E-state index is 12.5. The number of phenolic OH excluding ortho intramolecular Hbond substituents is 2. The topological polar surface area (TPSA) is 114 Å². The lowest BCUT2D eigenvalue weighted by Gasteiger charge is -2.36. The van der Waals surface area contributed by atoms with E-state index < -0.39 is 0 Å². The highest BCUT2D eigenvalue weighted by Crippen LogP contribution is 2.60. The molecule has 2 N–H and O–H groups in total. The van der Waals surface area contributed by atoms with Crippen LogP contribution in [0.5, 0.6) is 57.5 Å². The SMILES string of the molecule is CCCCCC1c2cc3c4cc2OCOc2c1cc1c(c2O)OCOc2c(cc5c(c2Br)OCOc2c(cc(c(c2O)OCO4)C3CCCCC)C5CCCCC)C1CCCCC. The first-order valence-corrected chi connectivity index (χ1v) is 24.5. The first-order valence-electron chi connectivity index (χ1n) is 23.7. The maximum absolute atomic E-state index is 12.5. The van der Waals surface area contributed by atoms with Gasteiger partial charge in [-0.2, -0.15) is 0 Å². The van der Waals surface area contributed by atoms with Crippen LogP contribution in [0.25, 0.3) is 0 Å². The minimum atomic E-state index is -0.220. The van der Waals surface area contributed by atoms with Gasteiger partial charge in [0.2, 0.25) is 38.7 Å².